The van der Waals surface area contributed by atoms with E-state index in [-0.39, 0.29) is 0 Å². The number of carboxylic acid groups (broad SMARTS) is 1. The van der Waals surface area contributed by atoms with Crippen molar-refractivity contribution in [3.8, 4) is 0 Å². The van der Waals surface area contributed by atoms with Gasteiger partial charge in [-0.05, 0) is 33.4 Å². The van der Waals surface area contributed by atoms with E-state index in [1.165, 1.54) is 0 Å². The Morgan fingerprint density at radius 1 is 0.424 bits per heavy atom. The summed E-state index contributed by atoms with van der Waals surface area (Å²) in [5.41, 5.74) is 7.47. The molecule has 6 aromatic rings. The molecule has 0 radical (unpaired) electrons. The number of hydrogen-bond donors (Lipinski definition) is 6. The number of rotatable bonds is 17. The van der Waals surface area contributed by atoms with Crippen molar-refractivity contribution in [2.24, 2.45) is 5.73 Å². The molecule has 0 aliphatic rings. The van der Waals surface area contributed by atoms with Gasteiger partial charge in [-0.15, -0.1) is 0 Å². The van der Waals surface area contributed by atoms with Crippen LogP contribution in [0.15, 0.2) is 182 Å². The van der Waals surface area contributed by atoms with Gasteiger partial charge < -0.3 is 32.1 Å². The minimum atomic E-state index is -1.75. The molecule has 0 fully saturated rings. The number of nitrogens with one attached hydrogen (secondary N) is 4. The molecule has 298 valence electrons. The van der Waals surface area contributed by atoms with E-state index in [0.29, 0.717) is 0 Å². The Labute approximate surface area is 342 Å². The quantitative estimate of drug-likeness (QED) is 0.0705. The third-order valence-corrected chi connectivity index (χ3v) is 10.1. The van der Waals surface area contributed by atoms with Crippen molar-refractivity contribution in [3.63, 3.8) is 0 Å². The molecule has 0 saturated heterocycles. The van der Waals surface area contributed by atoms with Gasteiger partial charge in [-0.25, -0.2) is 4.79 Å². The Bertz CT molecular complexity index is 2140. The van der Waals surface area contributed by atoms with Crippen LogP contribution in [-0.4, -0.2) is 53.3 Å². The highest BCUT2D eigenvalue weighted by atomic mass is 16.4. The third kappa shape index (κ3) is 9.44. The second-order valence-electron chi connectivity index (χ2n) is 13.9. The lowest BCUT2D eigenvalue weighted by atomic mass is 9.77. The van der Waals surface area contributed by atoms with Crippen LogP contribution in [0.4, 0.5) is 0 Å². The smallest absolute Gasteiger partial charge is 0.326 e. The summed E-state index contributed by atoms with van der Waals surface area (Å²) in [7, 11) is 0. The maximum Gasteiger partial charge on any atom is 0.326 e. The molecule has 11 nitrogen and oxygen atoms in total. The van der Waals surface area contributed by atoms with Crippen LogP contribution in [0.3, 0.4) is 0 Å². The summed E-state index contributed by atoms with van der Waals surface area (Å²) in [5.74, 6) is -4.56. The average Bonchev–Trinajstić information content (AvgIpc) is 3.28. The highest BCUT2D eigenvalue weighted by Crippen LogP contribution is 2.38. The van der Waals surface area contributed by atoms with E-state index in [1.807, 2.05) is 182 Å². The number of benzene rings is 6. The zero-order chi connectivity index (χ0) is 41.7. The molecule has 59 heavy (non-hydrogen) atoms. The first kappa shape index (κ1) is 41.3. The van der Waals surface area contributed by atoms with Crippen molar-refractivity contribution in [2.75, 3.05) is 6.54 Å². The number of carbonyl (C=O) groups is 5. The van der Waals surface area contributed by atoms with Gasteiger partial charge in [-0.2, -0.15) is 0 Å². The highest BCUT2D eigenvalue weighted by Gasteiger charge is 2.41. The fourth-order valence-corrected chi connectivity index (χ4v) is 7.39. The normalized spacial score (nSPS) is 12.3. The first-order valence-corrected chi connectivity index (χ1v) is 19.1. The molecule has 0 saturated carbocycles. The first-order valence-electron chi connectivity index (χ1n) is 19.1. The molecule has 6 aromatic carbocycles. The Balaban J connectivity index is 1.28. The van der Waals surface area contributed by atoms with E-state index in [1.54, 1.807) is 0 Å². The van der Waals surface area contributed by atoms with Gasteiger partial charge in [0.15, 0.2) is 0 Å². The number of hydrogen-bond acceptors (Lipinski definition) is 6. The minimum Gasteiger partial charge on any atom is -0.480 e. The molecule has 6 rings (SSSR count). The lowest BCUT2D eigenvalue weighted by Gasteiger charge is -2.37. The minimum absolute atomic E-state index is 0.501. The summed E-state index contributed by atoms with van der Waals surface area (Å²) in [6.45, 7) is -0.501. The summed E-state index contributed by atoms with van der Waals surface area (Å²) in [4.78, 5) is 67.8. The summed E-state index contributed by atoms with van der Waals surface area (Å²) in [5, 5.41) is 21.5. The largest absolute Gasteiger partial charge is 0.480 e. The predicted octanol–water partition coefficient (Wildman–Crippen LogP) is 5.00. The van der Waals surface area contributed by atoms with Gasteiger partial charge in [0.2, 0.25) is 23.6 Å². The SMILES string of the molecule is NCC(=O)N[C@H](CC(=O)NC(c1ccccc1)(c1ccccc1)c1ccccc1)C(=O)N[C@H](CC(=O)NC(c1ccccc1)(c1ccccc1)c1ccccc1)C(=O)O. The standard InChI is InChI=1S/C48H45N5O6/c49-33-44(56)50-40(31-42(54)52-47(34-19-7-1-8-20-34,35-21-9-2-10-22-35)36-23-11-3-12-24-36)45(57)51-41(46(58)59)32-43(55)53-48(37-25-13-4-14-26-37,38-27-15-5-16-28-38)39-29-17-6-18-30-39/h1-30,40-41H,31-33,49H2,(H,50,56)(H,51,57)(H,52,54)(H,53,55)(H,58,59)/t40-,41-/m1/s1. The Kier molecular flexibility index (Phi) is 13.4. The fraction of sp³-hybridized carbons (Fsp3) is 0.146. The Hall–Kier alpha value is -7.37. The van der Waals surface area contributed by atoms with Gasteiger partial charge in [-0.3, -0.25) is 19.2 Å². The van der Waals surface area contributed by atoms with Gasteiger partial charge in [0.25, 0.3) is 0 Å². The van der Waals surface area contributed by atoms with E-state index >= 15 is 0 Å². The molecule has 0 aliphatic heterocycles. The highest BCUT2D eigenvalue weighted by molar-refractivity contribution is 5.96. The lowest BCUT2D eigenvalue weighted by molar-refractivity contribution is -0.144. The first-order chi connectivity index (χ1) is 28.7. The van der Waals surface area contributed by atoms with Gasteiger partial charge in [-0.1, -0.05) is 182 Å². The maximum atomic E-state index is 14.3. The fourth-order valence-electron chi connectivity index (χ4n) is 7.39. The third-order valence-electron chi connectivity index (χ3n) is 10.1. The molecule has 0 heterocycles. The molecule has 2 atom stereocenters. The van der Waals surface area contributed by atoms with Crippen molar-refractivity contribution in [1.29, 1.82) is 0 Å². The summed E-state index contributed by atoms with van der Waals surface area (Å²) in [6.07, 6.45) is -1.28. The van der Waals surface area contributed by atoms with Crippen molar-refractivity contribution in [3.05, 3.63) is 215 Å². The number of aliphatic carboxylic acids is 1. The van der Waals surface area contributed by atoms with E-state index < -0.39 is 72.1 Å². The summed E-state index contributed by atoms with van der Waals surface area (Å²) >= 11 is 0. The average molecular weight is 788 g/mol. The maximum absolute atomic E-state index is 14.3. The molecule has 0 aliphatic carbocycles. The molecule has 11 heteroatoms. The van der Waals surface area contributed by atoms with Crippen LogP contribution in [0.1, 0.15) is 46.2 Å². The second kappa shape index (κ2) is 19.2. The molecular formula is C48H45N5O6. The lowest BCUT2D eigenvalue weighted by Crippen LogP contribution is -2.56. The molecule has 0 unspecified atom stereocenters. The molecule has 7 N–H and O–H groups in total. The predicted molar refractivity (Wildman–Crippen MR) is 224 cm³/mol. The Morgan fingerprint density at radius 2 is 0.695 bits per heavy atom. The van der Waals surface area contributed by atoms with Crippen molar-refractivity contribution >= 4 is 29.6 Å². The number of amides is 4. The van der Waals surface area contributed by atoms with E-state index in [2.05, 4.69) is 21.3 Å². The summed E-state index contributed by atoms with van der Waals surface area (Å²) < 4.78 is 0. The van der Waals surface area contributed by atoms with E-state index in [9.17, 15) is 29.1 Å². The summed E-state index contributed by atoms with van der Waals surface area (Å²) in [6, 6.07) is 52.5. The van der Waals surface area contributed by atoms with Crippen LogP contribution < -0.4 is 27.0 Å². The van der Waals surface area contributed by atoms with Gasteiger partial charge in [0, 0.05) is 0 Å². The van der Waals surface area contributed by atoms with Crippen LogP contribution >= 0.6 is 0 Å². The molecule has 0 aromatic heterocycles. The Morgan fingerprint density at radius 3 is 0.949 bits per heavy atom. The van der Waals surface area contributed by atoms with Crippen LogP contribution in [0.25, 0.3) is 0 Å². The van der Waals surface area contributed by atoms with Crippen molar-refractivity contribution in [2.45, 2.75) is 36.0 Å². The van der Waals surface area contributed by atoms with Crippen molar-refractivity contribution in [1.82, 2.24) is 21.3 Å². The zero-order valence-corrected chi connectivity index (χ0v) is 32.2. The molecule has 0 spiro atoms. The van der Waals surface area contributed by atoms with E-state index in [0.717, 1.165) is 33.4 Å². The van der Waals surface area contributed by atoms with Crippen LogP contribution in [-0.2, 0) is 35.1 Å². The number of carboxylic acids is 1. The van der Waals surface area contributed by atoms with E-state index in [4.69, 9.17) is 5.73 Å². The monoisotopic (exact) mass is 787 g/mol. The van der Waals surface area contributed by atoms with Gasteiger partial charge >= 0.3 is 5.97 Å². The zero-order valence-electron chi connectivity index (χ0n) is 32.2. The number of nitrogens with two attached hydrogens (primary N) is 1. The van der Waals surface area contributed by atoms with Crippen LogP contribution in [0.2, 0.25) is 0 Å². The van der Waals surface area contributed by atoms with Gasteiger partial charge in [0.05, 0.1) is 19.4 Å². The van der Waals surface area contributed by atoms with Crippen molar-refractivity contribution < 1.29 is 29.1 Å². The number of carbonyl (C=O) groups excluding carboxylic acids is 4. The molecule has 0 bridgehead atoms. The van der Waals surface area contributed by atoms with Crippen LogP contribution in [0, 0.1) is 0 Å². The van der Waals surface area contributed by atoms with Crippen LogP contribution in [0.5, 0.6) is 0 Å². The molecule has 4 amide bonds. The second-order valence-corrected chi connectivity index (χ2v) is 13.9. The molecular weight excluding hydrogens is 743 g/mol. The topological polar surface area (TPSA) is 180 Å². The van der Waals surface area contributed by atoms with Gasteiger partial charge in [0.1, 0.15) is 23.2 Å².